The van der Waals surface area contributed by atoms with Crippen LogP contribution in [0.3, 0.4) is 0 Å². The first-order chi connectivity index (χ1) is 6.50. The molecule has 1 aromatic heterocycles. The minimum absolute atomic E-state index is 0.0805. The van der Waals surface area contributed by atoms with E-state index in [1.165, 1.54) is 13.0 Å². The number of amides is 1. The Bertz CT molecular complexity index is 388. The SMILES string of the molecule is CC(=O)Oc1ccc(C)c(C(N)=O)n1. The molecule has 2 N–H and O–H groups in total. The van der Waals surface area contributed by atoms with E-state index in [4.69, 9.17) is 10.5 Å². The number of primary amides is 1. The number of nitrogens with two attached hydrogens (primary N) is 1. The Kier molecular flexibility index (Phi) is 2.81. The van der Waals surface area contributed by atoms with Crippen molar-refractivity contribution in [1.82, 2.24) is 4.98 Å². The molecule has 0 fully saturated rings. The van der Waals surface area contributed by atoms with Gasteiger partial charge in [0, 0.05) is 13.0 Å². The average molecular weight is 194 g/mol. The Hall–Kier alpha value is -1.91. The van der Waals surface area contributed by atoms with Crippen molar-refractivity contribution in [2.75, 3.05) is 0 Å². The summed E-state index contributed by atoms with van der Waals surface area (Å²) in [7, 11) is 0. The van der Waals surface area contributed by atoms with Crippen molar-refractivity contribution in [2.45, 2.75) is 13.8 Å². The van der Waals surface area contributed by atoms with Crippen molar-refractivity contribution in [2.24, 2.45) is 5.73 Å². The van der Waals surface area contributed by atoms with Crippen LogP contribution < -0.4 is 10.5 Å². The maximum Gasteiger partial charge on any atom is 0.309 e. The lowest BCUT2D eigenvalue weighted by Crippen LogP contribution is -2.16. The fourth-order valence-corrected chi connectivity index (χ4v) is 0.964. The van der Waals surface area contributed by atoms with Gasteiger partial charge in [0.25, 0.3) is 5.91 Å². The number of ether oxygens (including phenoxy) is 1. The fourth-order valence-electron chi connectivity index (χ4n) is 0.964. The van der Waals surface area contributed by atoms with E-state index in [0.717, 1.165) is 0 Å². The molecule has 0 saturated heterocycles. The van der Waals surface area contributed by atoms with Crippen molar-refractivity contribution in [3.8, 4) is 5.88 Å². The number of hydrogen-bond donors (Lipinski definition) is 1. The third-order valence-electron chi connectivity index (χ3n) is 1.55. The van der Waals surface area contributed by atoms with Crippen LogP contribution in [0.5, 0.6) is 5.88 Å². The summed E-state index contributed by atoms with van der Waals surface area (Å²) in [4.78, 5) is 25.3. The largest absolute Gasteiger partial charge is 0.408 e. The topological polar surface area (TPSA) is 82.3 Å². The Morgan fingerprint density at radius 1 is 1.43 bits per heavy atom. The molecule has 1 amide bonds. The van der Waals surface area contributed by atoms with E-state index < -0.39 is 11.9 Å². The van der Waals surface area contributed by atoms with Crippen LogP contribution in [-0.4, -0.2) is 16.9 Å². The van der Waals surface area contributed by atoms with Gasteiger partial charge >= 0.3 is 5.97 Å². The summed E-state index contributed by atoms with van der Waals surface area (Å²) in [6.07, 6.45) is 0. The zero-order chi connectivity index (χ0) is 10.7. The van der Waals surface area contributed by atoms with E-state index in [1.54, 1.807) is 13.0 Å². The first-order valence-electron chi connectivity index (χ1n) is 3.96. The highest BCUT2D eigenvalue weighted by Crippen LogP contribution is 2.11. The second kappa shape index (κ2) is 3.87. The van der Waals surface area contributed by atoms with Gasteiger partial charge in [-0.25, -0.2) is 4.98 Å². The van der Waals surface area contributed by atoms with E-state index in [0.29, 0.717) is 5.56 Å². The summed E-state index contributed by atoms with van der Waals surface area (Å²) in [5.74, 6) is -1.05. The number of carbonyl (C=O) groups is 2. The summed E-state index contributed by atoms with van der Waals surface area (Å²) in [5, 5.41) is 0. The lowest BCUT2D eigenvalue weighted by Gasteiger charge is -2.03. The molecule has 5 heteroatoms. The zero-order valence-corrected chi connectivity index (χ0v) is 7.90. The molecule has 0 aliphatic heterocycles. The molecular formula is C9H10N2O3. The highest BCUT2D eigenvalue weighted by atomic mass is 16.5. The van der Waals surface area contributed by atoms with Crippen LogP contribution in [0.4, 0.5) is 0 Å². The summed E-state index contributed by atoms with van der Waals surface area (Å²) in [5.41, 5.74) is 5.83. The maximum atomic E-state index is 10.9. The van der Waals surface area contributed by atoms with Gasteiger partial charge in [-0.1, -0.05) is 6.07 Å². The van der Waals surface area contributed by atoms with Gasteiger partial charge in [0.05, 0.1) is 0 Å². The van der Waals surface area contributed by atoms with Crippen LogP contribution in [0.1, 0.15) is 23.0 Å². The molecule has 0 aliphatic rings. The number of aromatic nitrogens is 1. The predicted molar refractivity (Wildman–Crippen MR) is 48.8 cm³/mol. The molecule has 0 bridgehead atoms. The van der Waals surface area contributed by atoms with Crippen LogP contribution >= 0.6 is 0 Å². The lowest BCUT2D eigenvalue weighted by atomic mass is 10.2. The minimum Gasteiger partial charge on any atom is -0.408 e. The van der Waals surface area contributed by atoms with Gasteiger partial charge in [0.1, 0.15) is 5.69 Å². The standard InChI is InChI=1S/C9H10N2O3/c1-5-3-4-7(14-6(2)12)11-8(5)9(10)13/h3-4H,1-2H3,(H2,10,13). The highest BCUT2D eigenvalue weighted by molar-refractivity contribution is 5.92. The van der Waals surface area contributed by atoms with E-state index in [9.17, 15) is 9.59 Å². The normalized spacial score (nSPS) is 9.57. The molecule has 14 heavy (non-hydrogen) atoms. The minimum atomic E-state index is -0.642. The zero-order valence-electron chi connectivity index (χ0n) is 7.90. The Morgan fingerprint density at radius 3 is 2.57 bits per heavy atom. The van der Waals surface area contributed by atoms with E-state index in [-0.39, 0.29) is 11.6 Å². The predicted octanol–water partition coefficient (Wildman–Crippen LogP) is 0.414. The summed E-state index contributed by atoms with van der Waals surface area (Å²) in [6.45, 7) is 2.95. The number of aryl methyl sites for hydroxylation is 1. The van der Waals surface area contributed by atoms with E-state index >= 15 is 0 Å². The molecule has 5 nitrogen and oxygen atoms in total. The number of nitrogens with zero attached hydrogens (tertiary/aromatic N) is 1. The molecule has 0 saturated carbocycles. The van der Waals surface area contributed by atoms with E-state index in [1.807, 2.05) is 0 Å². The van der Waals surface area contributed by atoms with Crippen molar-refractivity contribution in [3.05, 3.63) is 23.4 Å². The molecule has 1 heterocycles. The van der Waals surface area contributed by atoms with Crippen molar-refractivity contribution >= 4 is 11.9 Å². The van der Waals surface area contributed by atoms with Crippen LogP contribution in [0.25, 0.3) is 0 Å². The molecule has 0 atom stereocenters. The van der Waals surface area contributed by atoms with Gasteiger partial charge < -0.3 is 10.5 Å². The second-order valence-electron chi connectivity index (χ2n) is 2.77. The molecule has 0 spiro atoms. The van der Waals surface area contributed by atoms with Crippen molar-refractivity contribution in [3.63, 3.8) is 0 Å². The van der Waals surface area contributed by atoms with Gasteiger partial charge in [-0.15, -0.1) is 0 Å². The molecule has 1 aromatic rings. The number of carbonyl (C=O) groups excluding carboxylic acids is 2. The first-order valence-corrected chi connectivity index (χ1v) is 3.96. The van der Waals surface area contributed by atoms with Gasteiger partial charge in [0.15, 0.2) is 0 Å². The molecular weight excluding hydrogens is 184 g/mol. The highest BCUT2D eigenvalue weighted by Gasteiger charge is 2.09. The molecule has 0 aliphatic carbocycles. The maximum absolute atomic E-state index is 10.9. The second-order valence-corrected chi connectivity index (χ2v) is 2.77. The Balaban J connectivity index is 3.06. The number of esters is 1. The van der Waals surface area contributed by atoms with Gasteiger partial charge in [-0.05, 0) is 12.5 Å². The Morgan fingerprint density at radius 2 is 2.07 bits per heavy atom. The third-order valence-corrected chi connectivity index (χ3v) is 1.55. The monoisotopic (exact) mass is 194 g/mol. The molecule has 0 aromatic carbocycles. The first kappa shape index (κ1) is 10.2. The fraction of sp³-hybridized carbons (Fsp3) is 0.222. The van der Waals surface area contributed by atoms with Crippen molar-refractivity contribution in [1.29, 1.82) is 0 Å². The van der Waals surface area contributed by atoms with E-state index in [2.05, 4.69) is 4.98 Å². The van der Waals surface area contributed by atoms with Gasteiger partial charge in [-0.3, -0.25) is 9.59 Å². The Labute approximate surface area is 80.9 Å². The van der Waals surface area contributed by atoms with Crippen LogP contribution in [0, 0.1) is 6.92 Å². The van der Waals surface area contributed by atoms with Crippen LogP contribution in [0.2, 0.25) is 0 Å². The summed E-state index contributed by atoms with van der Waals surface area (Å²) >= 11 is 0. The van der Waals surface area contributed by atoms with Crippen molar-refractivity contribution < 1.29 is 14.3 Å². The van der Waals surface area contributed by atoms with Gasteiger partial charge in [-0.2, -0.15) is 0 Å². The number of hydrogen-bond acceptors (Lipinski definition) is 4. The van der Waals surface area contributed by atoms with Crippen LogP contribution in [0.15, 0.2) is 12.1 Å². The van der Waals surface area contributed by atoms with Crippen LogP contribution in [-0.2, 0) is 4.79 Å². The molecule has 0 radical (unpaired) electrons. The summed E-state index contributed by atoms with van der Waals surface area (Å²) < 4.78 is 4.70. The smallest absolute Gasteiger partial charge is 0.309 e. The molecule has 1 rings (SSSR count). The number of rotatable bonds is 2. The summed E-state index contributed by atoms with van der Waals surface area (Å²) in [6, 6.07) is 3.12. The lowest BCUT2D eigenvalue weighted by molar-refractivity contribution is -0.132. The number of pyridine rings is 1. The molecule has 0 unspecified atom stereocenters. The molecule has 74 valence electrons. The third kappa shape index (κ3) is 2.29. The average Bonchev–Trinajstić information content (AvgIpc) is 2.07. The quantitative estimate of drug-likeness (QED) is 0.691. The van der Waals surface area contributed by atoms with Gasteiger partial charge in [0.2, 0.25) is 5.88 Å².